The number of piperazine rings is 1. The fourth-order valence-corrected chi connectivity index (χ4v) is 4.06. The highest BCUT2D eigenvalue weighted by Crippen LogP contribution is 2.27. The van der Waals surface area contributed by atoms with E-state index in [1.54, 1.807) is 6.20 Å². The molecule has 2 aliphatic rings. The molecular formula is C25H33N5O2. The van der Waals surface area contributed by atoms with Gasteiger partial charge in [0.25, 0.3) is 0 Å². The highest BCUT2D eigenvalue weighted by atomic mass is 16.5. The molecule has 1 aromatic carbocycles. The molecule has 0 radical (unpaired) electrons. The fraction of sp³-hybridized carbons (Fsp3) is 0.520. The van der Waals surface area contributed by atoms with Gasteiger partial charge in [-0.1, -0.05) is 55.2 Å². The van der Waals surface area contributed by atoms with Crippen LogP contribution < -0.4 is 10.2 Å². The zero-order chi connectivity index (χ0) is 22.6. The third-order valence-electron chi connectivity index (χ3n) is 5.89. The van der Waals surface area contributed by atoms with Gasteiger partial charge in [-0.05, 0) is 25.7 Å². The van der Waals surface area contributed by atoms with Crippen molar-refractivity contribution < 1.29 is 9.53 Å². The van der Waals surface area contributed by atoms with Gasteiger partial charge in [-0.15, -0.1) is 0 Å². The SMILES string of the molecule is Cc1ccccc1.N#CC(C(=O)OCC1CCCCC1)c1nccnc1N1CCNCC1. The van der Waals surface area contributed by atoms with Gasteiger partial charge >= 0.3 is 5.97 Å². The van der Waals surface area contributed by atoms with Gasteiger partial charge in [-0.3, -0.25) is 9.78 Å². The van der Waals surface area contributed by atoms with Crippen molar-refractivity contribution in [1.29, 1.82) is 5.26 Å². The molecule has 1 aliphatic carbocycles. The number of aryl methyl sites for hydroxylation is 1. The van der Waals surface area contributed by atoms with Crippen molar-refractivity contribution in [2.75, 3.05) is 37.7 Å². The van der Waals surface area contributed by atoms with Crippen LogP contribution >= 0.6 is 0 Å². The molecule has 1 unspecified atom stereocenters. The van der Waals surface area contributed by atoms with E-state index in [4.69, 9.17) is 4.74 Å². The summed E-state index contributed by atoms with van der Waals surface area (Å²) in [6.45, 7) is 5.74. The number of ether oxygens (including phenoxy) is 1. The molecule has 1 saturated carbocycles. The summed E-state index contributed by atoms with van der Waals surface area (Å²) in [6.07, 6.45) is 8.98. The minimum absolute atomic E-state index is 0.403. The molecule has 1 aliphatic heterocycles. The number of carbonyl (C=O) groups excluding carboxylic acids is 1. The summed E-state index contributed by atoms with van der Waals surface area (Å²) in [4.78, 5) is 23.2. The van der Waals surface area contributed by atoms with Crippen molar-refractivity contribution in [2.45, 2.75) is 44.9 Å². The molecule has 0 amide bonds. The minimum Gasteiger partial charge on any atom is -0.464 e. The van der Waals surface area contributed by atoms with Crippen LogP contribution in [0.3, 0.4) is 0 Å². The predicted octanol–water partition coefficient (Wildman–Crippen LogP) is 3.61. The van der Waals surface area contributed by atoms with E-state index in [1.807, 2.05) is 18.2 Å². The Morgan fingerprint density at radius 1 is 1.16 bits per heavy atom. The van der Waals surface area contributed by atoms with Crippen LogP contribution in [0.4, 0.5) is 5.82 Å². The van der Waals surface area contributed by atoms with Crippen molar-refractivity contribution in [3.63, 3.8) is 0 Å². The number of nitriles is 1. The summed E-state index contributed by atoms with van der Waals surface area (Å²) < 4.78 is 5.47. The van der Waals surface area contributed by atoms with Crippen LogP contribution in [0, 0.1) is 24.2 Å². The highest BCUT2D eigenvalue weighted by Gasteiger charge is 2.30. The number of nitrogens with one attached hydrogen (secondary N) is 1. The Bertz CT molecular complexity index is 871. The predicted molar refractivity (Wildman–Crippen MR) is 124 cm³/mol. The Morgan fingerprint density at radius 3 is 2.47 bits per heavy atom. The molecule has 0 bridgehead atoms. The van der Waals surface area contributed by atoms with Gasteiger partial charge in [0.2, 0.25) is 0 Å². The Balaban J connectivity index is 0.000000352. The number of hydrogen-bond acceptors (Lipinski definition) is 7. The topological polar surface area (TPSA) is 91.1 Å². The van der Waals surface area contributed by atoms with Crippen LogP contribution in [0.25, 0.3) is 0 Å². The Labute approximate surface area is 190 Å². The monoisotopic (exact) mass is 435 g/mol. The number of benzene rings is 1. The first kappa shape index (κ1) is 23.7. The number of carbonyl (C=O) groups is 1. The van der Waals surface area contributed by atoms with E-state index >= 15 is 0 Å². The molecule has 32 heavy (non-hydrogen) atoms. The summed E-state index contributed by atoms with van der Waals surface area (Å²) in [5.74, 6) is -0.496. The van der Waals surface area contributed by atoms with Crippen molar-refractivity contribution in [1.82, 2.24) is 15.3 Å². The average molecular weight is 436 g/mol. The summed E-state index contributed by atoms with van der Waals surface area (Å²) >= 11 is 0. The molecule has 4 rings (SSSR count). The van der Waals surface area contributed by atoms with Crippen LogP contribution in [0.1, 0.15) is 49.3 Å². The quantitative estimate of drug-likeness (QED) is 0.717. The van der Waals surface area contributed by atoms with Gasteiger partial charge < -0.3 is 15.0 Å². The van der Waals surface area contributed by atoms with Gasteiger partial charge in [0.1, 0.15) is 5.69 Å². The third kappa shape index (κ3) is 7.03. The molecule has 1 saturated heterocycles. The molecule has 170 valence electrons. The van der Waals surface area contributed by atoms with Crippen molar-refractivity contribution in [3.05, 3.63) is 54.0 Å². The lowest BCUT2D eigenvalue weighted by atomic mass is 9.90. The standard InChI is InChI=1S/C18H25N5O2.C7H8/c19-12-15(18(24)25-13-14-4-2-1-3-5-14)16-17(22-7-6-21-16)23-10-8-20-9-11-23;1-7-5-3-2-4-6-7/h6-7,14-15,20H,1-5,8-11,13H2;2-6H,1H3. The van der Waals surface area contributed by atoms with Crippen LogP contribution in [0.15, 0.2) is 42.7 Å². The van der Waals surface area contributed by atoms with Gasteiger partial charge in [0.15, 0.2) is 11.7 Å². The molecule has 0 spiro atoms. The molecule has 7 nitrogen and oxygen atoms in total. The Morgan fingerprint density at radius 2 is 1.84 bits per heavy atom. The first-order valence-corrected chi connectivity index (χ1v) is 11.5. The second kappa shape index (κ2) is 12.8. The van der Waals surface area contributed by atoms with Gasteiger partial charge in [0.05, 0.1) is 12.7 Å². The second-order valence-electron chi connectivity index (χ2n) is 8.35. The number of esters is 1. The number of anilines is 1. The van der Waals surface area contributed by atoms with Crippen molar-refractivity contribution >= 4 is 11.8 Å². The van der Waals surface area contributed by atoms with E-state index in [9.17, 15) is 10.1 Å². The molecule has 2 fully saturated rings. The molecular weight excluding hydrogens is 402 g/mol. The van der Waals surface area contributed by atoms with E-state index in [0.29, 0.717) is 24.0 Å². The van der Waals surface area contributed by atoms with Gasteiger partial charge in [0, 0.05) is 38.6 Å². The molecule has 2 aromatic rings. The van der Waals surface area contributed by atoms with Crippen LogP contribution in [-0.4, -0.2) is 48.7 Å². The van der Waals surface area contributed by atoms with Crippen LogP contribution in [0.2, 0.25) is 0 Å². The average Bonchev–Trinajstić information content (AvgIpc) is 2.86. The number of hydrogen-bond donors (Lipinski definition) is 1. The number of rotatable bonds is 5. The fourth-order valence-electron chi connectivity index (χ4n) is 4.06. The van der Waals surface area contributed by atoms with Gasteiger partial charge in [-0.25, -0.2) is 4.98 Å². The second-order valence-corrected chi connectivity index (χ2v) is 8.35. The molecule has 2 heterocycles. The molecule has 1 N–H and O–H groups in total. The maximum atomic E-state index is 12.5. The smallest absolute Gasteiger partial charge is 0.329 e. The Kier molecular flexibility index (Phi) is 9.45. The lowest BCUT2D eigenvalue weighted by molar-refractivity contribution is -0.145. The van der Waals surface area contributed by atoms with E-state index in [-0.39, 0.29) is 0 Å². The van der Waals surface area contributed by atoms with E-state index in [0.717, 1.165) is 39.0 Å². The van der Waals surface area contributed by atoms with Gasteiger partial charge in [-0.2, -0.15) is 5.26 Å². The maximum absolute atomic E-state index is 12.5. The third-order valence-corrected chi connectivity index (χ3v) is 5.89. The van der Waals surface area contributed by atoms with Crippen molar-refractivity contribution in [2.24, 2.45) is 5.92 Å². The lowest BCUT2D eigenvalue weighted by Gasteiger charge is -2.30. The zero-order valence-electron chi connectivity index (χ0n) is 18.9. The minimum atomic E-state index is -1.03. The Hall–Kier alpha value is -2.98. The number of aromatic nitrogens is 2. The first-order valence-electron chi connectivity index (χ1n) is 11.5. The summed E-state index contributed by atoms with van der Waals surface area (Å²) in [5, 5.41) is 12.8. The van der Waals surface area contributed by atoms with E-state index in [2.05, 4.69) is 45.3 Å². The molecule has 7 heteroatoms. The number of nitrogens with zero attached hydrogens (tertiary/aromatic N) is 4. The van der Waals surface area contributed by atoms with E-state index in [1.165, 1.54) is 31.0 Å². The van der Waals surface area contributed by atoms with Crippen LogP contribution in [0.5, 0.6) is 0 Å². The lowest BCUT2D eigenvalue weighted by Crippen LogP contribution is -2.44. The molecule has 1 aromatic heterocycles. The maximum Gasteiger partial charge on any atom is 0.329 e. The highest BCUT2D eigenvalue weighted by molar-refractivity contribution is 5.82. The van der Waals surface area contributed by atoms with E-state index < -0.39 is 11.9 Å². The normalized spacial score (nSPS) is 17.4. The van der Waals surface area contributed by atoms with Crippen molar-refractivity contribution in [3.8, 4) is 6.07 Å². The van der Waals surface area contributed by atoms with Crippen LogP contribution in [-0.2, 0) is 9.53 Å². The summed E-state index contributed by atoms with van der Waals surface area (Å²) in [6, 6.07) is 12.3. The summed E-state index contributed by atoms with van der Waals surface area (Å²) in [5.41, 5.74) is 1.73. The molecule has 1 atom stereocenters. The first-order chi connectivity index (χ1) is 15.7. The summed E-state index contributed by atoms with van der Waals surface area (Å²) in [7, 11) is 0. The zero-order valence-corrected chi connectivity index (χ0v) is 18.9. The largest absolute Gasteiger partial charge is 0.464 e.